The molecule has 0 unspecified atom stereocenters. The Bertz CT molecular complexity index is 2820. The maximum atomic E-state index is 6.33. The molecule has 1 aromatic heterocycles. The van der Waals surface area contributed by atoms with Crippen LogP contribution in [0.2, 0.25) is 0 Å². The Balaban J connectivity index is 1.22. The minimum Gasteiger partial charge on any atom is -0.456 e. The van der Waals surface area contributed by atoms with Gasteiger partial charge in [0.15, 0.2) is 0 Å². The molecule has 0 saturated carbocycles. The van der Waals surface area contributed by atoms with Crippen LogP contribution in [0.5, 0.6) is 0 Å². The van der Waals surface area contributed by atoms with E-state index in [-0.39, 0.29) is 0 Å². The van der Waals surface area contributed by atoms with Gasteiger partial charge in [-0.1, -0.05) is 127 Å². The first-order chi connectivity index (χ1) is 22.3. The van der Waals surface area contributed by atoms with Gasteiger partial charge < -0.3 is 4.42 Å². The molecule has 0 saturated heterocycles. The number of para-hydroxylation sites is 1. The van der Waals surface area contributed by atoms with Crippen LogP contribution in [0.15, 0.2) is 162 Å². The number of benzene rings is 9. The largest absolute Gasteiger partial charge is 0.456 e. The van der Waals surface area contributed by atoms with Crippen LogP contribution in [0.3, 0.4) is 0 Å². The molecule has 45 heavy (non-hydrogen) atoms. The Morgan fingerprint density at radius 2 is 0.800 bits per heavy atom. The van der Waals surface area contributed by atoms with Crippen molar-refractivity contribution in [1.82, 2.24) is 0 Å². The number of hydrogen-bond donors (Lipinski definition) is 0. The fourth-order valence-electron chi connectivity index (χ4n) is 7.50. The van der Waals surface area contributed by atoms with Crippen molar-refractivity contribution in [2.75, 3.05) is 0 Å². The van der Waals surface area contributed by atoms with Crippen molar-refractivity contribution in [1.29, 1.82) is 0 Å². The van der Waals surface area contributed by atoms with E-state index >= 15 is 0 Å². The fraction of sp³-hybridized carbons (Fsp3) is 0. The summed E-state index contributed by atoms with van der Waals surface area (Å²) in [7, 11) is 0. The first-order valence-corrected chi connectivity index (χ1v) is 15.5. The van der Waals surface area contributed by atoms with E-state index in [1.165, 1.54) is 76.1 Å². The molecule has 0 aliphatic rings. The van der Waals surface area contributed by atoms with Crippen molar-refractivity contribution >= 4 is 75.8 Å². The number of rotatable bonds is 2. The van der Waals surface area contributed by atoms with E-state index in [1.54, 1.807) is 0 Å². The molecule has 0 atom stereocenters. The van der Waals surface area contributed by atoms with E-state index in [2.05, 4.69) is 152 Å². The Kier molecular flexibility index (Phi) is 5.06. The van der Waals surface area contributed by atoms with Gasteiger partial charge in [-0.3, -0.25) is 0 Å². The first-order valence-electron chi connectivity index (χ1n) is 15.5. The van der Waals surface area contributed by atoms with Crippen molar-refractivity contribution in [3.05, 3.63) is 158 Å². The monoisotopic (exact) mass is 570 g/mol. The van der Waals surface area contributed by atoms with Crippen molar-refractivity contribution in [2.45, 2.75) is 0 Å². The molecule has 0 radical (unpaired) electrons. The molecular weight excluding hydrogens is 544 g/mol. The summed E-state index contributed by atoms with van der Waals surface area (Å²) in [6.07, 6.45) is 0. The molecule has 208 valence electrons. The summed E-state index contributed by atoms with van der Waals surface area (Å²) in [5.74, 6) is 0. The molecule has 0 aliphatic heterocycles. The molecule has 10 rings (SSSR count). The van der Waals surface area contributed by atoms with E-state index in [1.807, 2.05) is 6.07 Å². The number of furan rings is 1. The lowest BCUT2D eigenvalue weighted by molar-refractivity contribution is 0.669. The third-order valence-electron chi connectivity index (χ3n) is 9.63. The van der Waals surface area contributed by atoms with Crippen molar-refractivity contribution in [3.63, 3.8) is 0 Å². The zero-order valence-electron chi connectivity index (χ0n) is 24.4. The van der Waals surface area contributed by atoms with Crippen LogP contribution in [0, 0.1) is 0 Å². The predicted molar refractivity (Wildman–Crippen MR) is 192 cm³/mol. The van der Waals surface area contributed by atoms with Crippen molar-refractivity contribution < 1.29 is 4.42 Å². The third kappa shape index (κ3) is 3.62. The van der Waals surface area contributed by atoms with Crippen LogP contribution < -0.4 is 0 Å². The Labute approximate surface area is 259 Å². The Hall–Kier alpha value is -5.92. The minimum atomic E-state index is 0.928. The second kappa shape index (κ2) is 9.29. The molecule has 1 heterocycles. The normalized spacial score (nSPS) is 12.0. The highest BCUT2D eigenvalue weighted by molar-refractivity contribution is 6.28. The molecule has 0 bridgehead atoms. The maximum Gasteiger partial charge on any atom is 0.136 e. The summed E-state index contributed by atoms with van der Waals surface area (Å²) < 4.78 is 6.33. The van der Waals surface area contributed by atoms with E-state index in [9.17, 15) is 0 Å². The number of fused-ring (bicyclic) bond motifs is 11. The molecule has 9 aromatic carbocycles. The van der Waals surface area contributed by atoms with Crippen LogP contribution >= 0.6 is 0 Å². The van der Waals surface area contributed by atoms with Gasteiger partial charge in [0.05, 0.1) is 0 Å². The summed E-state index contributed by atoms with van der Waals surface area (Å²) in [5.41, 5.74) is 6.82. The Morgan fingerprint density at radius 1 is 0.267 bits per heavy atom. The molecule has 1 heteroatoms. The highest BCUT2D eigenvalue weighted by atomic mass is 16.3. The van der Waals surface area contributed by atoms with Gasteiger partial charge >= 0.3 is 0 Å². The van der Waals surface area contributed by atoms with Gasteiger partial charge in [-0.05, 0) is 106 Å². The second-order valence-corrected chi connectivity index (χ2v) is 12.1. The van der Waals surface area contributed by atoms with Crippen LogP contribution in [-0.2, 0) is 0 Å². The predicted octanol–water partition coefficient (Wildman–Crippen LogP) is 12.7. The van der Waals surface area contributed by atoms with Gasteiger partial charge in [-0.2, -0.15) is 0 Å². The zero-order chi connectivity index (χ0) is 29.5. The van der Waals surface area contributed by atoms with Gasteiger partial charge in [-0.15, -0.1) is 0 Å². The first kappa shape index (κ1) is 24.5. The van der Waals surface area contributed by atoms with Crippen molar-refractivity contribution in [3.8, 4) is 22.3 Å². The highest BCUT2D eigenvalue weighted by Crippen LogP contribution is 2.42. The molecule has 0 amide bonds. The molecule has 0 fully saturated rings. The van der Waals surface area contributed by atoms with E-state index in [4.69, 9.17) is 4.42 Å². The fourth-order valence-corrected chi connectivity index (χ4v) is 7.50. The summed E-state index contributed by atoms with van der Waals surface area (Å²) in [5, 5.41) is 14.9. The van der Waals surface area contributed by atoms with Gasteiger partial charge in [-0.25, -0.2) is 0 Å². The van der Waals surface area contributed by atoms with Gasteiger partial charge in [0.25, 0.3) is 0 Å². The summed E-state index contributed by atoms with van der Waals surface area (Å²) in [6, 6.07) is 57.5. The van der Waals surface area contributed by atoms with Crippen LogP contribution in [0.25, 0.3) is 98.1 Å². The summed E-state index contributed by atoms with van der Waals surface area (Å²) in [6.45, 7) is 0. The molecule has 0 aliphatic carbocycles. The van der Waals surface area contributed by atoms with E-state index < -0.39 is 0 Å². The lowest BCUT2D eigenvalue weighted by Gasteiger charge is -2.15. The third-order valence-corrected chi connectivity index (χ3v) is 9.63. The zero-order valence-corrected chi connectivity index (χ0v) is 24.4. The average molecular weight is 571 g/mol. The second-order valence-electron chi connectivity index (χ2n) is 12.1. The summed E-state index contributed by atoms with van der Waals surface area (Å²) >= 11 is 0. The topological polar surface area (TPSA) is 13.1 Å². The molecule has 0 spiro atoms. The summed E-state index contributed by atoms with van der Waals surface area (Å²) in [4.78, 5) is 0. The highest BCUT2D eigenvalue weighted by Gasteiger charge is 2.16. The van der Waals surface area contributed by atoms with Crippen LogP contribution in [-0.4, -0.2) is 0 Å². The van der Waals surface area contributed by atoms with Crippen LogP contribution in [0.1, 0.15) is 0 Å². The molecule has 1 nitrogen and oxygen atoms in total. The Morgan fingerprint density at radius 3 is 1.56 bits per heavy atom. The molecular formula is C44H26O. The van der Waals surface area contributed by atoms with Crippen LogP contribution in [0.4, 0.5) is 0 Å². The quantitative estimate of drug-likeness (QED) is 0.188. The average Bonchev–Trinajstić information content (AvgIpc) is 3.48. The lowest BCUT2D eigenvalue weighted by Crippen LogP contribution is -1.88. The minimum absolute atomic E-state index is 0.928. The SMILES string of the molecule is c1ccc2cc(-c3ccc(-c4ccc5c(c4)c4ccccc4c4cc6c(cc54)oc4ccccc46)c4ccccc34)ccc2c1. The standard InChI is InChI=1S/C44H26O/c1-2-10-28-23-29(18-17-27(28)9-1)31-21-22-32(34-12-4-3-11-33(31)34)30-19-20-37-39(24-30)35-13-5-6-14-36(35)40-25-42-38-15-7-8-16-43(38)45-44(42)26-41(37)40/h1-26H. The van der Waals surface area contributed by atoms with Crippen molar-refractivity contribution in [2.24, 2.45) is 0 Å². The maximum absolute atomic E-state index is 6.33. The van der Waals surface area contributed by atoms with E-state index in [0.29, 0.717) is 0 Å². The lowest BCUT2D eigenvalue weighted by atomic mass is 9.88. The van der Waals surface area contributed by atoms with Gasteiger partial charge in [0.2, 0.25) is 0 Å². The smallest absolute Gasteiger partial charge is 0.136 e. The van der Waals surface area contributed by atoms with Gasteiger partial charge in [0.1, 0.15) is 11.2 Å². The van der Waals surface area contributed by atoms with Gasteiger partial charge in [0, 0.05) is 10.8 Å². The van der Waals surface area contributed by atoms with E-state index in [0.717, 1.165) is 21.9 Å². The molecule has 0 N–H and O–H groups in total. The number of hydrogen-bond acceptors (Lipinski definition) is 1. The molecule has 10 aromatic rings.